The van der Waals surface area contributed by atoms with Crippen molar-refractivity contribution in [2.75, 3.05) is 26.7 Å². The van der Waals surface area contributed by atoms with Crippen LogP contribution in [-0.4, -0.2) is 32.6 Å². The molecule has 0 aliphatic rings. The first-order valence-electron chi connectivity index (χ1n) is 4.67. The summed E-state index contributed by atoms with van der Waals surface area (Å²) in [4.78, 5) is 11.3. The molecule has 0 spiro atoms. The molecule has 0 heterocycles. The smallest absolute Gasteiger partial charge is 0.226 e. The molecule has 0 saturated carbocycles. The van der Waals surface area contributed by atoms with E-state index >= 15 is 0 Å². The van der Waals surface area contributed by atoms with Crippen LogP contribution in [-0.2, 0) is 4.79 Å². The van der Waals surface area contributed by atoms with Crippen molar-refractivity contribution in [3.8, 4) is 0 Å². The lowest BCUT2D eigenvalue weighted by Gasteiger charge is -2.22. The Morgan fingerprint density at radius 3 is 2.54 bits per heavy atom. The maximum atomic E-state index is 11.3. The molecule has 0 aromatic heterocycles. The zero-order valence-electron chi connectivity index (χ0n) is 8.81. The average molecular weight is 187 g/mol. The maximum absolute atomic E-state index is 11.3. The van der Waals surface area contributed by atoms with E-state index < -0.39 is 0 Å². The van der Waals surface area contributed by atoms with Gasteiger partial charge in [0.2, 0.25) is 5.91 Å². The molecule has 4 heteroatoms. The van der Waals surface area contributed by atoms with E-state index in [-0.39, 0.29) is 11.3 Å². The van der Waals surface area contributed by atoms with Crippen molar-refractivity contribution in [2.24, 2.45) is 11.1 Å². The minimum Gasteiger partial charge on any atom is -0.359 e. The Kier molecular flexibility index (Phi) is 5.66. The van der Waals surface area contributed by atoms with E-state index in [9.17, 15) is 4.79 Å². The van der Waals surface area contributed by atoms with Gasteiger partial charge in [-0.2, -0.15) is 0 Å². The first kappa shape index (κ1) is 12.4. The SMILES string of the molecule is CNC(=O)C(C)(C)CNCCCN. The van der Waals surface area contributed by atoms with Crippen LogP contribution < -0.4 is 16.4 Å². The quantitative estimate of drug-likeness (QED) is 0.500. The number of nitrogens with one attached hydrogen (secondary N) is 2. The standard InChI is InChI=1S/C9H21N3O/c1-9(2,8(13)11-3)7-12-6-4-5-10/h12H,4-7,10H2,1-3H3,(H,11,13). The number of amides is 1. The molecule has 13 heavy (non-hydrogen) atoms. The Bertz CT molecular complexity index is 157. The van der Waals surface area contributed by atoms with Crippen LogP contribution in [0, 0.1) is 5.41 Å². The Balaban J connectivity index is 3.69. The molecular formula is C9H21N3O. The van der Waals surface area contributed by atoms with Crippen LogP contribution in [0.1, 0.15) is 20.3 Å². The van der Waals surface area contributed by atoms with Gasteiger partial charge in [0.05, 0.1) is 5.41 Å². The van der Waals surface area contributed by atoms with Gasteiger partial charge in [-0.05, 0) is 33.4 Å². The van der Waals surface area contributed by atoms with E-state index in [0.717, 1.165) is 13.0 Å². The summed E-state index contributed by atoms with van der Waals surface area (Å²) in [5.41, 5.74) is 5.00. The van der Waals surface area contributed by atoms with Crippen molar-refractivity contribution < 1.29 is 4.79 Å². The van der Waals surface area contributed by atoms with E-state index in [1.54, 1.807) is 7.05 Å². The molecule has 0 atom stereocenters. The highest BCUT2D eigenvalue weighted by Crippen LogP contribution is 2.12. The fourth-order valence-corrected chi connectivity index (χ4v) is 1.05. The van der Waals surface area contributed by atoms with Crippen molar-refractivity contribution in [2.45, 2.75) is 20.3 Å². The van der Waals surface area contributed by atoms with Crippen molar-refractivity contribution in [1.29, 1.82) is 0 Å². The van der Waals surface area contributed by atoms with Crippen LogP contribution in [0.3, 0.4) is 0 Å². The van der Waals surface area contributed by atoms with Crippen LogP contribution in [0.25, 0.3) is 0 Å². The topological polar surface area (TPSA) is 67.2 Å². The monoisotopic (exact) mass is 187 g/mol. The molecule has 1 amide bonds. The third-order valence-corrected chi connectivity index (χ3v) is 1.97. The van der Waals surface area contributed by atoms with Crippen LogP contribution in [0.15, 0.2) is 0 Å². The first-order valence-corrected chi connectivity index (χ1v) is 4.67. The molecule has 0 fully saturated rings. The number of carbonyl (C=O) groups is 1. The minimum atomic E-state index is -0.344. The third kappa shape index (κ3) is 4.85. The van der Waals surface area contributed by atoms with Gasteiger partial charge in [-0.3, -0.25) is 4.79 Å². The second-order valence-electron chi connectivity index (χ2n) is 3.78. The largest absolute Gasteiger partial charge is 0.359 e. The molecule has 4 N–H and O–H groups in total. The van der Waals surface area contributed by atoms with E-state index in [1.165, 1.54) is 0 Å². The highest BCUT2D eigenvalue weighted by Gasteiger charge is 2.25. The number of hydrogen-bond acceptors (Lipinski definition) is 3. The molecular weight excluding hydrogens is 166 g/mol. The zero-order chi connectivity index (χ0) is 10.3. The fraction of sp³-hybridized carbons (Fsp3) is 0.889. The average Bonchev–Trinajstić information content (AvgIpc) is 2.11. The van der Waals surface area contributed by atoms with Gasteiger partial charge in [-0.25, -0.2) is 0 Å². The van der Waals surface area contributed by atoms with Gasteiger partial charge in [0.25, 0.3) is 0 Å². The van der Waals surface area contributed by atoms with Crippen LogP contribution in [0.2, 0.25) is 0 Å². The molecule has 0 aromatic rings. The van der Waals surface area contributed by atoms with Gasteiger partial charge >= 0.3 is 0 Å². The highest BCUT2D eigenvalue weighted by molar-refractivity contribution is 5.81. The Hall–Kier alpha value is -0.610. The predicted octanol–water partition coefficient (Wildman–Crippen LogP) is -0.303. The molecule has 4 nitrogen and oxygen atoms in total. The molecule has 0 saturated heterocycles. The van der Waals surface area contributed by atoms with Gasteiger partial charge in [-0.1, -0.05) is 0 Å². The normalized spacial score (nSPS) is 11.4. The lowest BCUT2D eigenvalue weighted by Crippen LogP contribution is -2.42. The maximum Gasteiger partial charge on any atom is 0.226 e. The van der Waals surface area contributed by atoms with Crippen molar-refractivity contribution in [3.63, 3.8) is 0 Å². The van der Waals surface area contributed by atoms with Gasteiger partial charge in [0.1, 0.15) is 0 Å². The molecule has 0 aliphatic carbocycles. The van der Waals surface area contributed by atoms with Gasteiger partial charge in [0, 0.05) is 13.6 Å². The second-order valence-corrected chi connectivity index (χ2v) is 3.78. The van der Waals surface area contributed by atoms with Gasteiger partial charge in [0.15, 0.2) is 0 Å². The summed E-state index contributed by atoms with van der Waals surface area (Å²) in [6.45, 7) is 6.08. The first-order chi connectivity index (χ1) is 6.04. The Labute approximate surface area is 80.3 Å². The van der Waals surface area contributed by atoms with Crippen molar-refractivity contribution in [3.05, 3.63) is 0 Å². The van der Waals surface area contributed by atoms with E-state index in [1.807, 2.05) is 13.8 Å². The summed E-state index contributed by atoms with van der Waals surface area (Å²) >= 11 is 0. The second kappa shape index (κ2) is 5.94. The summed E-state index contributed by atoms with van der Waals surface area (Å²) in [7, 11) is 1.66. The van der Waals surface area contributed by atoms with Crippen molar-refractivity contribution >= 4 is 5.91 Å². The number of nitrogens with two attached hydrogens (primary N) is 1. The molecule has 0 bridgehead atoms. The molecule has 78 valence electrons. The molecule has 0 radical (unpaired) electrons. The fourth-order valence-electron chi connectivity index (χ4n) is 1.05. The molecule has 0 aliphatic heterocycles. The molecule has 0 unspecified atom stereocenters. The lowest BCUT2D eigenvalue weighted by atomic mass is 9.92. The molecule has 0 aromatic carbocycles. The van der Waals surface area contributed by atoms with Crippen molar-refractivity contribution in [1.82, 2.24) is 10.6 Å². The Morgan fingerprint density at radius 1 is 1.46 bits per heavy atom. The van der Waals surface area contributed by atoms with E-state index in [0.29, 0.717) is 13.1 Å². The zero-order valence-corrected chi connectivity index (χ0v) is 8.81. The summed E-state index contributed by atoms with van der Waals surface area (Å²) < 4.78 is 0. The number of hydrogen-bond donors (Lipinski definition) is 3. The summed E-state index contributed by atoms with van der Waals surface area (Å²) in [6, 6.07) is 0. The lowest BCUT2D eigenvalue weighted by molar-refractivity contribution is -0.128. The molecule has 0 rings (SSSR count). The predicted molar refractivity (Wildman–Crippen MR) is 54.4 cm³/mol. The van der Waals surface area contributed by atoms with Crippen LogP contribution >= 0.6 is 0 Å². The Morgan fingerprint density at radius 2 is 2.08 bits per heavy atom. The summed E-state index contributed by atoms with van der Waals surface area (Å²) in [5, 5.41) is 5.84. The number of carbonyl (C=O) groups excluding carboxylic acids is 1. The third-order valence-electron chi connectivity index (χ3n) is 1.97. The minimum absolute atomic E-state index is 0.0627. The summed E-state index contributed by atoms with van der Waals surface area (Å²) in [6.07, 6.45) is 0.948. The van der Waals surface area contributed by atoms with E-state index in [2.05, 4.69) is 10.6 Å². The van der Waals surface area contributed by atoms with Crippen LogP contribution in [0.5, 0.6) is 0 Å². The number of rotatable bonds is 6. The highest BCUT2D eigenvalue weighted by atomic mass is 16.2. The van der Waals surface area contributed by atoms with Crippen LogP contribution in [0.4, 0.5) is 0 Å². The van der Waals surface area contributed by atoms with E-state index in [4.69, 9.17) is 5.73 Å². The van der Waals surface area contributed by atoms with Gasteiger partial charge < -0.3 is 16.4 Å². The van der Waals surface area contributed by atoms with Gasteiger partial charge in [-0.15, -0.1) is 0 Å². The summed E-state index contributed by atoms with van der Waals surface area (Å²) in [5.74, 6) is 0.0627.